The number of amides is 1. The Morgan fingerprint density at radius 3 is 2.52 bits per heavy atom. The summed E-state index contributed by atoms with van der Waals surface area (Å²) in [7, 11) is 0. The van der Waals surface area contributed by atoms with E-state index in [2.05, 4.69) is 22.9 Å². The molecule has 3 heterocycles. The third-order valence-electron chi connectivity index (χ3n) is 5.81. The molecule has 0 bridgehead atoms. The Kier molecular flexibility index (Phi) is 7.38. The summed E-state index contributed by atoms with van der Waals surface area (Å²) in [6.45, 7) is 12.7. The van der Waals surface area contributed by atoms with Crippen molar-refractivity contribution in [1.82, 2.24) is 14.8 Å². The zero-order chi connectivity index (χ0) is 20.9. The number of hydrogen-bond acceptors (Lipinski definition) is 5. The van der Waals surface area contributed by atoms with Crippen LogP contribution in [-0.4, -0.2) is 65.3 Å². The summed E-state index contributed by atoms with van der Waals surface area (Å²) in [5.41, 5.74) is 0.772. The lowest BCUT2D eigenvalue weighted by atomic mass is 9.89. The van der Waals surface area contributed by atoms with Crippen LogP contribution in [-0.2, 0) is 4.74 Å². The molecule has 2 saturated heterocycles. The number of rotatable bonds is 6. The summed E-state index contributed by atoms with van der Waals surface area (Å²) in [4.78, 5) is 21.0. The number of carbonyl (C=O) groups excluding carboxylic acids is 1. The predicted molar refractivity (Wildman–Crippen MR) is 114 cm³/mol. The molecule has 0 N–H and O–H groups in total. The van der Waals surface area contributed by atoms with Crippen LogP contribution in [0.2, 0.25) is 0 Å². The molecule has 2 aliphatic heterocycles. The molecule has 0 aromatic carbocycles. The number of piperidine rings is 1. The third-order valence-corrected chi connectivity index (χ3v) is 5.81. The number of aromatic nitrogens is 1. The highest BCUT2D eigenvalue weighted by Gasteiger charge is 2.29. The fourth-order valence-electron chi connectivity index (χ4n) is 4.21. The van der Waals surface area contributed by atoms with Crippen LogP contribution in [0.4, 0.5) is 4.79 Å². The topological polar surface area (TPSA) is 54.9 Å². The van der Waals surface area contributed by atoms with E-state index in [1.807, 2.05) is 38.1 Å². The zero-order valence-corrected chi connectivity index (χ0v) is 18.5. The first-order valence-corrected chi connectivity index (χ1v) is 11.2. The highest BCUT2D eigenvalue weighted by Crippen LogP contribution is 2.34. The van der Waals surface area contributed by atoms with Gasteiger partial charge in [0, 0.05) is 31.4 Å². The fourth-order valence-corrected chi connectivity index (χ4v) is 4.21. The average Bonchev–Trinajstić information content (AvgIpc) is 3.20. The maximum Gasteiger partial charge on any atom is 0.410 e. The summed E-state index contributed by atoms with van der Waals surface area (Å²) < 4.78 is 12.0. The molecule has 2 aliphatic rings. The van der Waals surface area contributed by atoms with E-state index in [4.69, 9.17) is 9.47 Å². The van der Waals surface area contributed by atoms with Crippen molar-refractivity contribution in [3.8, 4) is 5.75 Å². The van der Waals surface area contributed by atoms with E-state index < -0.39 is 5.60 Å². The highest BCUT2D eigenvalue weighted by atomic mass is 16.6. The highest BCUT2D eigenvalue weighted by molar-refractivity contribution is 5.68. The molecule has 162 valence electrons. The number of carbonyl (C=O) groups is 1. The van der Waals surface area contributed by atoms with Gasteiger partial charge in [-0.2, -0.15) is 0 Å². The van der Waals surface area contributed by atoms with Crippen molar-refractivity contribution < 1.29 is 14.3 Å². The molecule has 2 fully saturated rings. The molecule has 0 spiro atoms. The van der Waals surface area contributed by atoms with Crippen molar-refractivity contribution in [3.63, 3.8) is 0 Å². The van der Waals surface area contributed by atoms with E-state index in [9.17, 15) is 4.79 Å². The van der Waals surface area contributed by atoms with Gasteiger partial charge in [0.1, 0.15) is 17.5 Å². The smallest absolute Gasteiger partial charge is 0.410 e. The van der Waals surface area contributed by atoms with E-state index in [1.54, 1.807) is 0 Å². The Morgan fingerprint density at radius 2 is 1.90 bits per heavy atom. The monoisotopic (exact) mass is 403 g/mol. The maximum absolute atomic E-state index is 12.3. The van der Waals surface area contributed by atoms with Crippen molar-refractivity contribution >= 4 is 6.09 Å². The number of pyridine rings is 1. The molecule has 1 amide bonds. The van der Waals surface area contributed by atoms with E-state index in [0.717, 1.165) is 31.6 Å². The van der Waals surface area contributed by atoms with Gasteiger partial charge in [-0.15, -0.1) is 0 Å². The Balaban J connectivity index is 1.59. The maximum atomic E-state index is 12.3. The lowest BCUT2D eigenvalue weighted by Crippen LogP contribution is -2.41. The molecule has 29 heavy (non-hydrogen) atoms. The van der Waals surface area contributed by atoms with E-state index in [1.165, 1.54) is 31.5 Å². The lowest BCUT2D eigenvalue weighted by molar-refractivity contribution is 0.0204. The van der Waals surface area contributed by atoms with Crippen LogP contribution in [0, 0.1) is 0 Å². The standard InChI is InChI=1S/C23H37N3O3/c1-5-19(17-25-12-6-7-13-25)28-21-16-24-11-8-20(21)18-9-14-26(15-10-18)22(27)29-23(2,3)4/h8,11,16,18-19H,5-7,9-10,12-15,17H2,1-4H3/t19-/m0/s1. The van der Waals surface area contributed by atoms with E-state index in [0.29, 0.717) is 19.0 Å². The Morgan fingerprint density at radius 1 is 1.21 bits per heavy atom. The normalized spacial score (nSPS) is 19.9. The van der Waals surface area contributed by atoms with Gasteiger partial charge in [0.15, 0.2) is 0 Å². The first kappa shape index (κ1) is 21.9. The molecule has 0 unspecified atom stereocenters. The molecular weight excluding hydrogens is 366 g/mol. The second-order valence-electron chi connectivity index (χ2n) is 9.31. The summed E-state index contributed by atoms with van der Waals surface area (Å²) in [5, 5.41) is 0. The number of hydrogen-bond donors (Lipinski definition) is 0. The molecule has 6 nitrogen and oxygen atoms in total. The first-order valence-electron chi connectivity index (χ1n) is 11.2. The van der Waals surface area contributed by atoms with Gasteiger partial charge in [0.25, 0.3) is 0 Å². The minimum absolute atomic E-state index is 0.193. The second kappa shape index (κ2) is 9.79. The summed E-state index contributed by atoms with van der Waals surface area (Å²) in [6, 6.07) is 2.09. The van der Waals surface area contributed by atoms with Crippen molar-refractivity contribution in [3.05, 3.63) is 24.0 Å². The molecule has 0 radical (unpaired) electrons. The minimum Gasteiger partial charge on any atom is -0.487 e. The summed E-state index contributed by atoms with van der Waals surface area (Å²) in [5.74, 6) is 1.30. The third kappa shape index (κ3) is 6.33. The van der Waals surface area contributed by atoms with Crippen molar-refractivity contribution in [2.45, 2.75) is 77.4 Å². The molecule has 3 rings (SSSR count). The molecule has 0 saturated carbocycles. The van der Waals surface area contributed by atoms with E-state index in [-0.39, 0.29) is 12.2 Å². The predicted octanol–water partition coefficient (Wildman–Crippen LogP) is 4.45. The number of likely N-dealkylation sites (tertiary alicyclic amines) is 2. The van der Waals surface area contributed by atoms with Crippen LogP contribution in [0.1, 0.15) is 71.3 Å². The summed E-state index contributed by atoms with van der Waals surface area (Å²) >= 11 is 0. The molecular formula is C23H37N3O3. The van der Waals surface area contributed by atoms with Gasteiger partial charge in [-0.25, -0.2) is 4.79 Å². The quantitative estimate of drug-likeness (QED) is 0.702. The van der Waals surface area contributed by atoms with Crippen LogP contribution in [0.5, 0.6) is 5.75 Å². The van der Waals surface area contributed by atoms with Gasteiger partial charge in [-0.1, -0.05) is 6.92 Å². The van der Waals surface area contributed by atoms with Gasteiger partial charge in [-0.05, 0) is 77.9 Å². The lowest BCUT2D eigenvalue weighted by Gasteiger charge is -2.34. The van der Waals surface area contributed by atoms with E-state index >= 15 is 0 Å². The fraction of sp³-hybridized carbons (Fsp3) is 0.739. The number of ether oxygens (including phenoxy) is 2. The molecule has 1 aromatic rings. The van der Waals surface area contributed by atoms with Crippen molar-refractivity contribution in [1.29, 1.82) is 0 Å². The molecule has 0 aliphatic carbocycles. The second-order valence-corrected chi connectivity index (χ2v) is 9.31. The van der Waals surface area contributed by atoms with Crippen LogP contribution >= 0.6 is 0 Å². The Bertz CT molecular complexity index is 660. The largest absolute Gasteiger partial charge is 0.487 e. The van der Waals surface area contributed by atoms with Gasteiger partial charge in [0.05, 0.1) is 6.20 Å². The Hall–Kier alpha value is -1.82. The van der Waals surface area contributed by atoms with Crippen LogP contribution < -0.4 is 4.74 Å². The zero-order valence-electron chi connectivity index (χ0n) is 18.5. The molecule has 1 atom stereocenters. The van der Waals surface area contributed by atoms with Gasteiger partial charge in [0.2, 0.25) is 0 Å². The first-order chi connectivity index (χ1) is 13.9. The summed E-state index contributed by atoms with van der Waals surface area (Å²) in [6.07, 6.45) is 9.12. The average molecular weight is 404 g/mol. The van der Waals surface area contributed by atoms with Gasteiger partial charge in [-0.3, -0.25) is 9.88 Å². The molecule has 1 aromatic heterocycles. The van der Waals surface area contributed by atoms with Crippen LogP contribution in [0.25, 0.3) is 0 Å². The van der Waals surface area contributed by atoms with Crippen molar-refractivity contribution in [2.75, 3.05) is 32.7 Å². The molecule has 6 heteroatoms. The van der Waals surface area contributed by atoms with Gasteiger partial charge < -0.3 is 14.4 Å². The van der Waals surface area contributed by atoms with Crippen LogP contribution in [0.3, 0.4) is 0 Å². The Labute approximate surface area is 175 Å². The minimum atomic E-state index is -0.454. The SMILES string of the molecule is CC[C@@H](CN1CCCC1)Oc1cnccc1C1CCN(C(=O)OC(C)(C)C)CC1. The number of nitrogens with zero attached hydrogens (tertiary/aromatic N) is 3. The van der Waals surface area contributed by atoms with Crippen molar-refractivity contribution in [2.24, 2.45) is 0 Å². The van der Waals surface area contributed by atoms with Crippen LogP contribution in [0.15, 0.2) is 18.5 Å². The van der Waals surface area contributed by atoms with Gasteiger partial charge >= 0.3 is 6.09 Å².